The average Bonchev–Trinajstić information content (AvgIpc) is 3.29. The SMILES string of the molecule is CC(O)(CN=C(NCCCN1CCOCC1)NCCc1ccco1)CN1CCOCC1. The molecule has 1 unspecified atom stereocenters. The molecule has 0 saturated carbocycles. The Morgan fingerprint density at radius 1 is 1.06 bits per heavy atom. The van der Waals surface area contributed by atoms with Crippen LogP contribution >= 0.6 is 0 Å². The lowest BCUT2D eigenvalue weighted by Crippen LogP contribution is -2.48. The van der Waals surface area contributed by atoms with Crippen molar-refractivity contribution in [3.05, 3.63) is 24.2 Å². The van der Waals surface area contributed by atoms with E-state index >= 15 is 0 Å². The quantitative estimate of drug-likeness (QED) is 0.256. The molecule has 9 heteroatoms. The van der Waals surface area contributed by atoms with Gasteiger partial charge in [-0.3, -0.25) is 14.8 Å². The number of guanidine groups is 1. The van der Waals surface area contributed by atoms with Crippen molar-refractivity contribution in [2.75, 3.05) is 85.3 Å². The number of β-amino-alcohol motifs (C(OH)–C–C–N with tert-alkyl or cyclic N) is 1. The molecule has 1 atom stereocenters. The van der Waals surface area contributed by atoms with Crippen LogP contribution in [0.3, 0.4) is 0 Å². The maximum atomic E-state index is 10.9. The highest BCUT2D eigenvalue weighted by Crippen LogP contribution is 2.09. The van der Waals surface area contributed by atoms with Gasteiger partial charge in [0.2, 0.25) is 0 Å². The van der Waals surface area contributed by atoms with Crippen molar-refractivity contribution in [3.63, 3.8) is 0 Å². The first-order chi connectivity index (χ1) is 15.1. The van der Waals surface area contributed by atoms with Crippen molar-refractivity contribution >= 4 is 5.96 Å². The summed E-state index contributed by atoms with van der Waals surface area (Å²) in [5.41, 5.74) is -0.888. The van der Waals surface area contributed by atoms with Crippen LogP contribution in [-0.2, 0) is 15.9 Å². The Morgan fingerprint density at radius 2 is 1.74 bits per heavy atom. The number of furan rings is 1. The third-order valence-electron chi connectivity index (χ3n) is 5.54. The maximum Gasteiger partial charge on any atom is 0.191 e. The fourth-order valence-corrected chi connectivity index (χ4v) is 3.81. The summed E-state index contributed by atoms with van der Waals surface area (Å²) in [7, 11) is 0. The van der Waals surface area contributed by atoms with E-state index < -0.39 is 5.60 Å². The third kappa shape index (κ3) is 9.57. The predicted octanol–water partition coefficient (Wildman–Crippen LogP) is 0.163. The van der Waals surface area contributed by atoms with Crippen LogP contribution in [0.25, 0.3) is 0 Å². The standard InChI is InChI=1S/C22H39N5O4/c1-22(28,19-27-11-16-30-17-12-27)18-25-21(24-7-5-20-4-2-13-31-20)23-6-3-8-26-9-14-29-15-10-26/h2,4,13,28H,3,5-12,14-19H2,1H3,(H2,23,24,25). The number of aliphatic hydroxyl groups is 1. The van der Waals surface area contributed by atoms with Gasteiger partial charge < -0.3 is 29.6 Å². The van der Waals surface area contributed by atoms with E-state index in [1.165, 1.54) is 0 Å². The zero-order chi connectivity index (χ0) is 21.8. The predicted molar refractivity (Wildman–Crippen MR) is 120 cm³/mol. The van der Waals surface area contributed by atoms with Gasteiger partial charge in [-0.15, -0.1) is 0 Å². The fourth-order valence-electron chi connectivity index (χ4n) is 3.81. The summed E-state index contributed by atoms with van der Waals surface area (Å²) in [6, 6.07) is 3.87. The molecule has 2 saturated heterocycles. The Morgan fingerprint density at radius 3 is 2.42 bits per heavy atom. The van der Waals surface area contributed by atoms with E-state index in [1.54, 1.807) is 6.26 Å². The molecule has 0 radical (unpaired) electrons. The van der Waals surface area contributed by atoms with E-state index in [1.807, 2.05) is 19.1 Å². The first-order valence-corrected chi connectivity index (χ1v) is 11.5. The highest BCUT2D eigenvalue weighted by molar-refractivity contribution is 5.79. The van der Waals surface area contributed by atoms with Gasteiger partial charge in [-0.25, -0.2) is 0 Å². The Labute approximate surface area is 185 Å². The van der Waals surface area contributed by atoms with Crippen molar-refractivity contribution in [1.82, 2.24) is 20.4 Å². The minimum atomic E-state index is -0.888. The molecule has 0 bridgehead atoms. The normalized spacial score (nSPS) is 21.0. The minimum absolute atomic E-state index is 0.337. The van der Waals surface area contributed by atoms with E-state index in [-0.39, 0.29) is 0 Å². The second-order valence-corrected chi connectivity index (χ2v) is 8.54. The second kappa shape index (κ2) is 13.0. The fraction of sp³-hybridized carbons (Fsp3) is 0.773. The average molecular weight is 438 g/mol. The minimum Gasteiger partial charge on any atom is -0.469 e. The Balaban J connectivity index is 1.45. The van der Waals surface area contributed by atoms with Crippen LogP contribution in [-0.4, -0.2) is 112 Å². The summed E-state index contributed by atoms with van der Waals surface area (Å²) in [6.07, 6.45) is 3.51. The first-order valence-electron chi connectivity index (χ1n) is 11.5. The monoisotopic (exact) mass is 437 g/mol. The van der Waals surface area contributed by atoms with Crippen LogP contribution < -0.4 is 10.6 Å². The molecule has 0 aromatic carbocycles. The molecule has 2 aliphatic heterocycles. The lowest BCUT2D eigenvalue weighted by Gasteiger charge is -2.33. The number of nitrogens with one attached hydrogen (secondary N) is 2. The Hall–Kier alpha value is -1.65. The van der Waals surface area contributed by atoms with Crippen LogP contribution in [0, 0.1) is 0 Å². The highest BCUT2D eigenvalue weighted by atomic mass is 16.5. The molecule has 3 N–H and O–H groups in total. The van der Waals surface area contributed by atoms with Crippen LogP contribution in [0.1, 0.15) is 19.1 Å². The summed E-state index contributed by atoms with van der Waals surface area (Å²) < 4.78 is 16.2. The van der Waals surface area contributed by atoms with Crippen LogP contribution in [0.15, 0.2) is 27.8 Å². The lowest BCUT2D eigenvalue weighted by atomic mass is 10.1. The maximum absolute atomic E-state index is 10.9. The van der Waals surface area contributed by atoms with E-state index in [4.69, 9.17) is 13.9 Å². The molecule has 0 amide bonds. The van der Waals surface area contributed by atoms with E-state index in [9.17, 15) is 5.11 Å². The summed E-state index contributed by atoms with van der Waals surface area (Å²) >= 11 is 0. The largest absolute Gasteiger partial charge is 0.469 e. The smallest absolute Gasteiger partial charge is 0.191 e. The number of hydrogen-bond acceptors (Lipinski definition) is 7. The first kappa shape index (κ1) is 24.0. The van der Waals surface area contributed by atoms with Gasteiger partial charge in [0, 0.05) is 52.2 Å². The molecule has 1 aromatic rings. The number of aliphatic imine (C=N–C) groups is 1. The van der Waals surface area contributed by atoms with Crippen LogP contribution in [0.5, 0.6) is 0 Å². The molecule has 2 fully saturated rings. The van der Waals surface area contributed by atoms with Crippen molar-refractivity contribution in [2.45, 2.75) is 25.4 Å². The molecule has 3 rings (SSSR count). The van der Waals surface area contributed by atoms with Crippen LogP contribution in [0.4, 0.5) is 0 Å². The zero-order valence-corrected chi connectivity index (χ0v) is 18.9. The van der Waals surface area contributed by atoms with E-state index in [0.29, 0.717) is 19.6 Å². The summed E-state index contributed by atoms with van der Waals surface area (Å²) in [5, 5.41) is 17.6. The van der Waals surface area contributed by atoms with Crippen molar-refractivity contribution in [1.29, 1.82) is 0 Å². The molecule has 3 heterocycles. The third-order valence-corrected chi connectivity index (χ3v) is 5.54. The van der Waals surface area contributed by atoms with Gasteiger partial charge in [0.1, 0.15) is 5.76 Å². The van der Waals surface area contributed by atoms with Gasteiger partial charge in [-0.2, -0.15) is 0 Å². The Bertz CT molecular complexity index is 626. The van der Waals surface area contributed by atoms with Gasteiger partial charge in [-0.05, 0) is 32.0 Å². The van der Waals surface area contributed by atoms with Gasteiger partial charge in [-0.1, -0.05) is 0 Å². The molecule has 9 nitrogen and oxygen atoms in total. The molecule has 31 heavy (non-hydrogen) atoms. The van der Waals surface area contributed by atoms with E-state index in [2.05, 4.69) is 25.4 Å². The second-order valence-electron chi connectivity index (χ2n) is 8.54. The Kier molecular flexibility index (Phi) is 10.1. The number of ether oxygens (including phenoxy) is 2. The molecule has 2 aliphatic rings. The molecular weight excluding hydrogens is 398 g/mol. The van der Waals surface area contributed by atoms with Gasteiger partial charge in [0.25, 0.3) is 0 Å². The molecule has 1 aromatic heterocycles. The number of rotatable bonds is 11. The van der Waals surface area contributed by atoms with Crippen molar-refractivity contribution in [2.24, 2.45) is 4.99 Å². The van der Waals surface area contributed by atoms with Gasteiger partial charge >= 0.3 is 0 Å². The summed E-state index contributed by atoms with van der Waals surface area (Å²) in [5.74, 6) is 1.68. The molecule has 0 spiro atoms. The molecule has 0 aliphatic carbocycles. The van der Waals surface area contributed by atoms with E-state index in [0.717, 1.165) is 90.3 Å². The number of morpholine rings is 2. The molecule has 176 valence electrons. The van der Waals surface area contributed by atoms with Crippen LogP contribution in [0.2, 0.25) is 0 Å². The van der Waals surface area contributed by atoms with Gasteiger partial charge in [0.15, 0.2) is 5.96 Å². The summed E-state index contributed by atoms with van der Waals surface area (Å²) in [6.45, 7) is 12.2. The highest BCUT2D eigenvalue weighted by Gasteiger charge is 2.25. The zero-order valence-electron chi connectivity index (χ0n) is 18.9. The lowest BCUT2D eigenvalue weighted by molar-refractivity contribution is -0.0180. The van der Waals surface area contributed by atoms with Gasteiger partial charge in [0.05, 0.1) is 44.8 Å². The van der Waals surface area contributed by atoms with Crippen molar-refractivity contribution < 1.29 is 19.0 Å². The number of hydrogen-bond donors (Lipinski definition) is 3. The molecular formula is C22H39N5O4. The summed E-state index contributed by atoms with van der Waals surface area (Å²) in [4.78, 5) is 9.35. The number of nitrogens with zero attached hydrogens (tertiary/aromatic N) is 3. The van der Waals surface area contributed by atoms with Crippen molar-refractivity contribution in [3.8, 4) is 0 Å². The topological polar surface area (TPSA) is 94.7 Å².